The van der Waals surface area contributed by atoms with E-state index < -0.39 is 30.8 Å². The molecule has 45 heavy (non-hydrogen) atoms. The molecule has 2 saturated heterocycles. The van der Waals surface area contributed by atoms with E-state index in [2.05, 4.69) is 15.6 Å². The van der Waals surface area contributed by atoms with E-state index in [1.807, 2.05) is 12.3 Å². The van der Waals surface area contributed by atoms with Crippen molar-refractivity contribution in [3.8, 4) is 11.1 Å². The topological polar surface area (TPSA) is 106 Å². The molecule has 236 valence electrons. The summed E-state index contributed by atoms with van der Waals surface area (Å²) in [6.45, 7) is 0.658. The van der Waals surface area contributed by atoms with Crippen molar-refractivity contribution in [2.24, 2.45) is 0 Å². The number of pyridine rings is 2. The molecule has 0 spiro atoms. The van der Waals surface area contributed by atoms with Crippen LogP contribution in [-0.2, 0) is 11.3 Å². The molecule has 4 fully saturated rings. The number of hydrogen-bond acceptors (Lipinski definition) is 6. The fourth-order valence-electron chi connectivity index (χ4n) is 6.04. The van der Waals surface area contributed by atoms with Crippen LogP contribution < -0.4 is 16.2 Å². The Morgan fingerprint density at radius 1 is 1.04 bits per heavy atom. The van der Waals surface area contributed by atoms with Crippen LogP contribution in [0.3, 0.4) is 0 Å². The normalized spacial score (nSPS) is 20.6. The maximum absolute atomic E-state index is 13.7. The number of nitrogens with one attached hydrogen (secondary N) is 2. The van der Waals surface area contributed by atoms with E-state index in [0.29, 0.717) is 29.2 Å². The number of carbonyl (C=O) groups is 2. The molecule has 3 aromatic rings. The van der Waals surface area contributed by atoms with Crippen LogP contribution in [-0.4, -0.2) is 64.5 Å². The molecule has 0 bridgehead atoms. The number of carbonyl (C=O) groups excluding carboxylic acids is 2. The third kappa shape index (κ3) is 6.66. The third-order valence-electron chi connectivity index (χ3n) is 8.75. The Balaban J connectivity index is 1.17. The quantitative estimate of drug-likeness (QED) is 0.309. The number of aromatic nitrogens is 2. The van der Waals surface area contributed by atoms with E-state index in [1.54, 1.807) is 28.8 Å². The molecule has 9 nitrogen and oxygen atoms in total. The van der Waals surface area contributed by atoms with Gasteiger partial charge in [-0.2, -0.15) is 0 Å². The van der Waals surface area contributed by atoms with Crippen LogP contribution in [0.25, 0.3) is 11.1 Å². The summed E-state index contributed by atoms with van der Waals surface area (Å²) in [6.07, 6.45) is 7.71. The minimum Gasteiger partial charge on any atom is -0.377 e. The van der Waals surface area contributed by atoms with Gasteiger partial charge in [-0.1, -0.05) is 17.7 Å². The zero-order valence-corrected chi connectivity index (χ0v) is 25.4. The van der Waals surface area contributed by atoms with Gasteiger partial charge in [-0.05, 0) is 85.5 Å². The van der Waals surface area contributed by atoms with Gasteiger partial charge in [0, 0.05) is 54.1 Å². The van der Waals surface area contributed by atoms with Crippen molar-refractivity contribution in [1.82, 2.24) is 19.8 Å². The number of hydrogen-bond donors (Lipinski definition) is 2. The molecule has 4 aliphatic rings. The zero-order chi connectivity index (χ0) is 31.3. The van der Waals surface area contributed by atoms with E-state index in [9.17, 15) is 23.2 Å². The van der Waals surface area contributed by atoms with Crippen molar-refractivity contribution in [2.75, 3.05) is 31.6 Å². The number of benzene rings is 1. The molecule has 4 heterocycles. The summed E-state index contributed by atoms with van der Waals surface area (Å²) < 4.78 is 34.5. The van der Waals surface area contributed by atoms with Crippen LogP contribution in [0, 0.1) is 0 Å². The van der Waals surface area contributed by atoms with Crippen molar-refractivity contribution in [3.63, 3.8) is 0 Å². The summed E-state index contributed by atoms with van der Waals surface area (Å²) in [5.41, 5.74) is 2.53. The third-order valence-corrected chi connectivity index (χ3v) is 8.98. The predicted octanol–water partition coefficient (Wildman–Crippen LogP) is 5.39. The zero-order valence-electron chi connectivity index (χ0n) is 24.7. The van der Waals surface area contributed by atoms with Crippen molar-refractivity contribution in [3.05, 3.63) is 80.4 Å². The van der Waals surface area contributed by atoms with Crippen LogP contribution in [0.5, 0.6) is 0 Å². The highest BCUT2D eigenvalue weighted by Gasteiger charge is 2.46. The lowest BCUT2D eigenvalue weighted by Gasteiger charge is -2.39. The largest absolute Gasteiger partial charge is 0.377 e. The second kappa shape index (κ2) is 11.9. The van der Waals surface area contributed by atoms with Gasteiger partial charge in [0.05, 0.1) is 19.2 Å². The van der Waals surface area contributed by atoms with Crippen LogP contribution >= 0.6 is 11.6 Å². The number of rotatable bonds is 10. The average molecular weight is 638 g/mol. The lowest BCUT2D eigenvalue weighted by atomic mass is 9.96. The lowest BCUT2D eigenvalue weighted by Crippen LogP contribution is -2.58. The van der Waals surface area contributed by atoms with Gasteiger partial charge in [-0.15, -0.1) is 0 Å². The molecule has 0 radical (unpaired) electrons. The number of anilines is 1. The molecule has 7 rings (SSSR count). The van der Waals surface area contributed by atoms with Gasteiger partial charge >= 0.3 is 0 Å². The number of likely N-dealkylation sites (tertiary alicyclic amines) is 1. The SMILES string of the molecule is O=C(Nc1cc(-c2ccc(Cl)cc2C(=O)N2CC(F)(F)C2)cc(C2CC2)n1)c1cc(CNCC2CCCO2)cn(C2CC2)c1=O. The Bertz CT molecular complexity index is 1710. The first-order valence-electron chi connectivity index (χ1n) is 15.5. The monoisotopic (exact) mass is 637 g/mol. The van der Waals surface area contributed by atoms with Gasteiger partial charge in [-0.3, -0.25) is 14.4 Å². The van der Waals surface area contributed by atoms with E-state index in [-0.39, 0.29) is 40.6 Å². The standard InChI is InChI=1S/C33H34ClF2N5O4/c34-22-5-8-25(26(13-22)31(43)40-17-33(35,36)18-40)21-11-28(20-3-4-20)38-29(12-21)39-30(42)27-10-19(14-37-15-24-2-1-9-45-24)16-41(32(27)44)23-6-7-23/h5,8,10-13,16,20,23-24,37H,1-4,6-7,9,14-15,17-18H2,(H,38,39,42). The molecular formula is C33H34ClF2N5O4. The minimum absolute atomic E-state index is 0.0274. The molecule has 1 aromatic carbocycles. The smallest absolute Gasteiger partial charge is 0.282 e. The van der Waals surface area contributed by atoms with Crippen molar-refractivity contribution < 1.29 is 23.1 Å². The first-order valence-corrected chi connectivity index (χ1v) is 15.9. The maximum Gasteiger partial charge on any atom is 0.282 e. The molecule has 2 amide bonds. The van der Waals surface area contributed by atoms with Crippen LogP contribution in [0.4, 0.5) is 14.6 Å². The summed E-state index contributed by atoms with van der Waals surface area (Å²) in [7, 11) is 0. The van der Waals surface area contributed by atoms with Crippen molar-refractivity contribution in [2.45, 2.75) is 69.1 Å². The fraction of sp³-hybridized carbons (Fsp3) is 0.455. The molecule has 1 unspecified atom stereocenters. The van der Waals surface area contributed by atoms with Crippen molar-refractivity contribution >= 4 is 29.2 Å². The highest BCUT2D eigenvalue weighted by atomic mass is 35.5. The number of nitrogens with zero attached hydrogens (tertiary/aromatic N) is 3. The van der Waals surface area contributed by atoms with E-state index in [4.69, 9.17) is 16.3 Å². The highest BCUT2D eigenvalue weighted by molar-refractivity contribution is 6.31. The lowest BCUT2D eigenvalue weighted by molar-refractivity contribution is -0.113. The van der Waals surface area contributed by atoms with E-state index in [1.165, 1.54) is 6.07 Å². The Hall–Kier alpha value is -3.67. The molecule has 2 saturated carbocycles. The molecule has 2 aromatic heterocycles. The first kappa shape index (κ1) is 30.0. The number of alkyl halides is 2. The van der Waals surface area contributed by atoms with Gasteiger partial charge in [0.25, 0.3) is 23.3 Å². The van der Waals surface area contributed by atoms with E-state index in [0.717, 1.165) is 61.3 Å². The second-order valence-corrected chi connectivity index (χ2v) is 13.0. The molecule has 2 N–H and O–H groups in total. The molecular weight excluding hydrogens is 604 g/mol. The summed E-state index contributed by atoms with van der Waals surface area (Å²) >= 11 is 6.23. The number of ether oxygens (including phenoxy) is 1. The summed E-state index contributed by atoms with van der Waals surface area (Å²) in [4.78, 5) is 46.1. The Kier molecular flexibility index (Phi) is 7.95. The Morgan fingerprint density at radius 2 is 1.84 bits per heavy atom. The second-order valence-electron chi connectivity index (χ2n) is 12.6. The summed E-state index contributed by atoms with van der Waals surface area (Å²) in [5, 5.41) is 6.53. The molecule has 2 aliphatic heterocycles. The van der Waals surface area contributed by atoms with Gasteiger partial charge < -0.3 is 24.8 Å². The van der Waals surface area contributed by atoms with Crippen LogP contribution in [0.1, 0.15) is 82.5 Å². The first-order chi connectivity index (χ1) is 21.6. The Morgan fingerprint density at radius 3 is 2.53 bits per heavy atom. The van der Waals surface area contributed by atoms with E-state index >= 15 is 0 Å². The predicted molar refractivity (Wildman–Crippen MR) is 165 cm³/mol. The van der Waals surface area contributed by atoms with Gasteiger partial charge in [-0.25, -0.2) is 13.8 Å². The minimum atomic E-state index is -2.91. The number of amides is 2. The molecule has 1 atom stereocenters. The van der Waals surface area contributed by atoms with Gasteiger partial charge in [0.1, 0.15) is 11.4 Å². The van der Waals surface area contributed by atoms with Crippen molar-refractivity contribution in [1.29, 1.82) is 0 Å². The summed E-state index contributed by atoms with van der Waals surface area (Å²) in [6, 6.07) is 9.99. The van der Waals surface area contributed by atoms with Crippen LogP contribution in [0.2, 0.25) is 5.02 Å². The van der Waals surface area contributed by atoms with Crippen LogP contribution in [0.15, 0.2) is 47.4 Å². The maximum atomic E-state index is 13.7. The fourth-order valence-corrected chi connectivity index (χ4v) is 6.21. The Labute approximate surface area is 263 Å². The molecule has 12 heteroatoms. The molecule has 2 aliphatic carbocycles. The number of halogens is 3. The van der Waals surface area contributed by atoms with Gasteiger partial charge in [0.15, 0.2) is 0 Å². The van der Waals surface area contributed by atoms with Gasteiger partial charge in [0.2, 0.25) is 0 Å². The average Bonchev–Trinajstić information content (AvgIpc) is 3.94. The highest BCUT2D eigenvalue weighted by Crippen LogP contribution is 2.42. The summed E-state index contributed by atoms with van der Waals surface area (Å²) in [5.74, 6) is -3.58.